The Morgan fingerprint density at radius 3 is 2.22 bits per heavy atom. The molecule has 0 bridgehead atoms. The molecule has 4 heterocycles. The lowest BCUT2D eigenvalue weighted by atomic mass is 10.3. The van der Waals surface area contributed by atoms with Crippen molar-refractivity contribution in [2.24, 2.45) is 0 Å². The summed E-state index contributed by atoms with van der Waals surface area (Å²) in [7, 11) is -3.90. The predicted octanol–water partition coefficient (Wildman–Crippen LogP) is 3.58. The molecule has 0 saturated carbocycles. The number of fused-ring (bicyclic) bond motifs is 3. The first-order valence-corrected chi connectivity index (χ1v) is 13.0. The number of imidazole rings is 1. The van der Waals surface area contributed by atoms with Gasteiger partial charge in [-0.05, 0) is 31.2 Å². The lowest BCUT2D eigenvalue weighted by Crippen LogP contribution is -2.19. The molecule has 0 fully saturated rings. The third kappa shape index (κ3) is 4.78. The van der Waals surface area contributed by atoms with Crippen molar-refractivity contribution in [2.75, 3.05) is 25.7 Å². The van der Waals surface area contributed by atoms with Crippen molar-refractivity contribution >= 4 is 24.6 Å². The minimum Gasteiger partial charge on any atom is -0.454 e. The van der Waals surface area contributed by atoms with E-state index in [1.807, 2.05) is 6.92 Å². The molecule has 0 aliphatic carbocycles. The Morgan fingerprint density at radius 2 is 1.57 bits per heavy atom. The molecule has 6 rings (SSSR count). The summed E-state index contributed by atoms with van der Waals surface area (Å²) in [6.45, 7) is 2.39. The van der Waals surface area contributed by atoms with Gasteiger partial charge in [-0.2, -0.15) is 0 Å². The molecule has 0 saturated heterocycles. The van der Waals surface area contributed by atoms with Gasteiger partial charge in [0.2, 0.25) is 13.6 Å². The molecule has 0 radical (unpaired) electrons. The molecule has 192 valence electrons. The van der Waals surface area contributed by atoms with Crippen molar-refractivity contribution in [1.82, 2.24) is 19.5 Å². The topological polar surface area (TPSA) is 151 Å². The Hall–Kier alpha value is -4.22. The van der Waals surface area contributed by atoms with E-state index in [1.54, 1.807) is 47.3 Å². The van der Waals surface area contributed by atoms with Gasteiger partial charge in [0.15, 0.2) is 40.8 Å². The van der Waals surface area contributed by atoms with E-state index >= 15 is 0 Å². The molecule has 37 heavy (non-hydrogen) atoms. The van der Waals surface area contributed by atoms with Crippen molar-refractivity contribution in [1.29, 1.82) is 0 Å². The monoisotopic (exact) mass is 527 g/mol. The molecule has 0 amide bonds. The van der Waals surface area contributed by atoms with Crippen molar-refractivity contribution < 1.29 is 37.3 Å². The van der Waals surface area contributed by atoms with Crippen LogP contribution in [-0.4, -0.2) is 45.6 Å². The SMILES string of the molecule is C[C@H](Cn1cnc2c(N)ncnc21)OCP(=O)(Oc1ccc2c(c1)OCO2)Oc1ccc2c(c1)OCO2. The van der Waals surface area contributed by atoms with E-state index in [-0.39, 0.29) is 37.3 Å². The van der Waals surface area contributed by atoms with E-state index in [0.29, 0.717) is 40.7 Å². The zero-order valence-electron chi connectivity index (χ0n) is 19.6. The number of hydrogen-bond acceptors (Lipinski definition) is 12. The summed E-state index contributed by atoms with van der Waals surface area (Å²) >= 11 is 0. The van der Waals surface area contributed by atoms with Crippen molar-refractivity contribution in [2.45, 2.75) is 19.6 Å². The lowest BCUT2D eigenvalue weighted by Gasteiger charge is -2.22. The molecular formula is C23H22N5O8P. The third-order valence-corrected chi connectivity index (χ3v) is 7.02. The van der Waals surface area contributed by atoms with E-state index in [1.165, 1.54) is 6.33 Å². The van der Waals surface area contributed by atoms with Gasteiger partial charge in [0.25, 0.3) is 0 Å². The third-order valence-electron chi connectivity index (χ3n) is 5.58. The minimum absolute atomic E-state index is 0.101. The standard InChI is InChI=1S/C23H22N5O8P/c1-14(8-28-10-27-21-22(24)25-9-26-23(21)28)34-13-37(29,35-15-2-4-17-19(6-15)32-11-30-17)36-16-3-5-18-20(7-16)33-12-31-18/h2-7,9-10,14H,8,11-13H2,1H3,(H2,24,25,26)/t14-/m1/s1. The first-order valence-electron chi connectivity index (χ1n) is 11.3. The molecule has 2 aromatic carbocycles. The number of hydrogen-bond donors (Lipinski definition) is 1. The quantitative estimate of drug-likeness (QED) is 0.317. The van der Waals surface area contributed by atoms with Gasteiger partial charge in [-0.3, -0.25) is 0 Å². The highest BCUT2D eigenvalue weighted by atomic mass is 31.2. The summed E-state index contributed by atoms with van der Waals surface area (Å²) in [5.74, 6) is 2.94. The number of aromatic nitrogens is 4. The number of anilines is 1. The summed E-state index contributed by atoms with van der Waals surface area (Å²) in [6, 6.07) is 9.75. The van der Waals surface area contributed by atoms with Gasteiger partial charge < -0.3 is 43.0 Å². The fourth-order valence-electron chi connectivity index (χ4n) is 3.84. The summed E-state index contributed by atoms with van der Waals surface area (Å²) < 4.78 is 54.9. The summed E-state index contributed by atoms with van der Waals surface area (Å²) in [4.78, 5) is 12.4. The maximum Gasteiger partial charge on any atom is 0.456 e. The Kier molecular flexibility index (Phi) is 5.85. The Balaban J connectivity index is 1.20. The molecule has 13 nitrogen and oxygen atoms in total. The Labute approximate surface area is 210 Å². The number of ether oxygens (including phenoxy) is 5. The molecular weight excluding hydrogens is 505 g/mol. The zero-order valence-corrected chi connectivity index (χ0v) is 20.5. The van der Waals surface area contributed by atoms with E-state index in [9.17, 15) is 4.57 Å². The Bertz CT molecular complexity index is 1450. The van der Waals surface area contributed by atoms with Crippen LogP contribution in [0.1, 0.15) is 6.92 Å². The summed E-state index contributed by atoms with van der Waals surface area (Å²) in [5, 5.41) is 0. The fourth-order valence-corrected chi connectivity index (χ4v) is 5.29. The van der Waals surface area contributed by atoms with Crippen LogP contribution in [0.4, 0.5) is 5.82 Å². The molecule has 0 spiro atoms. The van der Waals surface area contributed by atoms with Gasteiger partial charge in [-0.1, -0.05) is 0 Å². The molecule has 0 unspecified atom stereocenters. The second kappa shape index (κ2) is 9.34. The van der Waals surface area contributed by atoms with Gasteiger partial charge in [0.05, 0.1) is 19.0 Å². The molecule has 2 aromatic heterocycles. The molecule has 2 aliphatic heterocycles. The van der Waals surface area contributed by atoms with Crippen LogP contribution in [-0.2, 0) is 15.8 Å². The smallest absolute Gasteiger partial charge is 0.454 e. The highest BCUT2D eigenvalue weighted by Gasteiger charge is 2.32. The summed E-state index contributed by atoms with van der Waals surface area (Å²) in [5.41, 5.74) is 6.94. The zero-order chi connectivity index (χ0) is 25.4. The molecule has 4 aromatic rings. The number of nitrogens with zero attached hydrogens (tertiary/aromatic N) is 4. The van der Waals surface area contributed by atoms with Crippen molar-refractivity contribution in [3.8, 4) is 34.5 Å². The van der Waals surface area contributed by atoms with Crippen LogP contribution in [0.2, 0.25) is 0 Å². The average molecular weight is 527 g/mol. The van der Waals surface area contributed by atoms with Gasteiger partial charge in [-0.25, -0.2) is 19.5 Å². The average Bonchev–Trinajstić information content (AvgIpc) is 3.63. The van der Waals surface area contributed by atoms with Crippen LogP contribution in [0.5, 0.6) is 34.5 Å². The van der Waals surface area contributed by atoms with Gasteiger partial charge in [0, 0.05) is 12.1 Å². The fraction of sp³-hybridized carbons (Fsp3) is 0.261. The van der Waals surface area contributed by atoms with Crippen LogP contribution in [0.3, 0.4) is 0 Å². The number of benzene rings is 2. The lowest BCUT2D eigenvalue weighted by molar-refractivity contribution is 0.0780. The van der Waals surface area contributed by atoms with Gasteiger partial charge >= 0.3 is 7.60 Å². The van der Waals surface area contributed by atoms with Crippen molar-refractivity contribution in [3.63, 3.8) is 0 Å². The van der Waals surface area contributed by atoms with Crippen LogP contribution < -0.4 is 33.7 Å². The van der Waals surface area contributed by atoms with Crippen LogP contribution in [0.25, 0.3) is 11.2 Å². The first kappa shape index (κ1) is 23.2. The first-order chi connectivity index (χ1) is 18.0. The maximum absolute atomic E-state index is 13.9. The van der Waals surface area contributed by atoms with E-state index < -0.39 is 13.7 Å². The predicted molar refractivity (Wildman–Crippen MR) is 129 cm³/mol. The molecule has 2 aliphatic rings. The second-order valence-corrected chi connectivity index (χ2v) is 10.1. The largest absolute Gasteiger partial charge is 0.456 e. The van der Waals surface area contributed by atoms with Crippen LogP contribution in [0, 0.1) is 0 Å². The summed E-state index contributed by atoms with van der Waals surface area (Å²) in [6.07, 6.45) is 2.21. The normalized spacial score (nSPS) is 14.6. The van der Waals surface area contributed by atoms with Gasteiger partial charge in [-0.15, -0.1) is 0 Å². The van der Waals surface area contributed by atoms with Crippen LogP contribution >= 0.6 is 7.60 Å². The second-order valence-electron chi connectivity index (χ2n) is 8.26. The number of nitrogen functional groups attached to an aromatic ring is 1. The molecule has 14 heteroatoms. The van der Waals surface area contributed by atoms with Gasteiger partial charge in [0.1, 0.15) is 23.3 Å². The highest BCUT2D eigenvalue weighted by molar-refractivity contribution is 7.54. The van der Waals surface area contributed by atoms with E-state index in [4.69, 9.17) is 38.5 Å². The minimum atomic E-state index is -3.90. The van der Waals surface area contributed by atoms with Crippen molar-refractivity contribution in [3.05, 3.63) is 49.1 Å². The number of rotatable bonds is 9. The highest BCUT2D eigenvalue weighted by Crippen LogP contribution is 2.51. The van der Waals surface area contributed by atoms with E-state index in [2.05, 4.69) is 15.0 Å². The van der Waals surface area contributed by atoms with Crippen LogP contribution in [0.15, 0.2) is 49.1 Å². The molecule has 1 atom stereocenters. The number of nitrogens with two attached hydrogens (primary N) is 1. The van der Waals surface area contributed by atoms with E-state index in [0.717, 1.165) is 0 Å². The Morgan fingerprint density at radius 1 is 0.946 bits per heavy atom. The molecule has 2 N–H and O–H groups in total. The maximum atomic E-state index is 13.9.